The summed E-state index contributed by atoms with van der Waals surface area (Å²) in [6.45, 7) is 0. The number of nitro groups is 1. The molecule has 1 heterocycles. The van der Waals surface area contributed by atoms with E-state index in [1.165, 1.54) is 6.20 Å². The van der Waals surface area contributed by atoms with Gasteiger partial charge in [-0.3, -0.25) is 0 Å². The minimum Gasteiger partial charge on any atom is -0.741 e. The van der Waals surface area contributed by atoms with Gasteiger partial charge in [-0.05, 0) is 4.92 Å². The first-order chi connectivity index (χ1) is 7.45. The summed E-state index contributed by atoms with van der Waals surface area (Å²) in [5.41, 5.74) is -5.65. The molecule has 2 N–H and O–H groups in total. The summed E-state index contributed by atoms with van der Waals surface area (Å²) >= 11 is 2.98. The van der Waals surface area contributed by atoms with Gasteiger partial charge in [-0.2, -0.15) is 18.2 Å². The fourth-order valence-corrected chi connectivity index (χ4v) is 0.732. The maximum Gasteiger partial charge on any atom is 0.485 e. The Balaban J connectivity index is 0.000000304. The van der Waals surface area contributed by atoms with Gasteiger partial charge in [-0.15, -0.1) is 0 Å². The molecule has 1 aromatic rings. The number of H-pyrrole nitrogens is 2. The SMILES string of the molecule is O=S(=O)([O-])C(F)(F)F.O=[N+]([O-])c1c[nH+]c(Br)[nH]1. The molecular formula is C4H3BrF3N3O5S. The van der Waals surface area contributed by atoms with Crippen molar-refractivity contribution in [3.05, 3.63) is 21.0 Å². The molecule has 0 radical (unpaired) electrons. The molecular weight excluding hydrogens is 339 g/mol. The van der Waals surface area contributed by atoms with Gasteiger partial charge in [0.05, 0.1) is 0 Å². The number of halogens is 4. The van der Waals surface area contributed by atoms with Gasteiger partial charge >= 0.3 is 16.1 Å². The number of rotatable bonds is 1. The third kappa shape index (κ3) is 5.60. The Hall–Kier alpha value is -1.21. The van der Waals surface area contributed by atoms with Crippen LogP contribution in [0.3, 0.4) is 0 Å². The first-order valence-corrected chi connectivity index (χ1v) is 5.58. The predicted molar refractivity (Wildman–Crippen MR) is 47.5 cm³/mol. The number of hydrogen-bond acceptors (Lipinski definition) is 5. The van der Waals surface area contributed by atoms with E-state index in [9.17, 15) is 23.3 Å². The van der Waals surface area contributed by atoms with Crippen LogP contribution < -0.4 is 4.98 Å². The zero-order valence-corrected chi connectivity index (χ0v) is 9.89. The lowest BCUT2D eigenvalue weighted by Crippen LogP contribution is -2.21. The molecule has 0 amide bonds. The molecule has 8 nitrogen and oxygen atoms in total. The first-order valence-electron chi connectivity index (χ1n) is 3.38. The second-order valence-electron chi connectivity index (χ2n) is 2.27. The smallest absolute Gasteiger partial charge is 0.485 e. The Morgan fingerprint density at radius 3 is 2.00 bits per heavy atom. The van der Waals surface area contributed by atoms with Crippen molar-refractivity contribution in [3.63, 3.8) is 0 Å². The summed E-state index contributed by atoms with van der Waals surface area (Å²) in [5.74, 6) is -0.0538. The molecule has 0 spiro atoms. The fourth-order valence-electron chi connectivity index (χ4n) is 0.415. The Kier molecular flexibility index (Phi) is 5.03. The monoisotopic (exact) mass is 341 g/mol. The van der Waals surface area contributed by atoms with E-state index in [-0.39, 0.29) is 5.82 Å². The van der Waals surface area contributed by atoms with Crippen LogP contribution in [0.1, 0.15) is 0 Å². The molecule has 0 aromatic carbocycles. The van der Waals surface area contributed by atoms with Crippen molar-refractivity contribution >= 4 is 31.9 Å². The first kappa shape index (κ1) is 15.8. The lowest BCUT2D eigenvalue weighted by Gasteiger charge is -2.08. The molecule has 0 unspecified atom stereocenters. The van der Waals surface area contributed by atoms with Crippen LogP contribution in [0.25, 0.3) is 0 Å². The number of aromatic nitrogens is 2. The van der Waals surface area contributed by atoms with E-state index in [1.54, 1.807) is 0 Å². The molecule has 0 bridgehead atoms. The van der Waals surface area contributed by atoms with E-state index in [2.05, 4.69) is 25.9 Å². The maximum atomic E-state index is 10.7. The zero-order valence-electron chi connectivity index (χ0n) is 7.49. The van der Waals surface area contributed by atoms with Crippen LogP contribution in [0.2, 0.25) is 0 Å². The average molecular weight is 342 g/mol. The average Bonchev–Trinajstić information content (AvgIpc) is 2.49. The number of aromatic amines is 2. The Labute approximate surface area is 99.9 Å². The lowest BCUT2D eigenvalue weighted by atomic mass is 10.8. The summed E-state index contributed by atoms with van der Waals surface area (Å²) in [4.78, 5) is 14.4. The molecule has 0 saturated heterocycles. The van der Waals surface area contributed by atoms with Crippen molar-refractivity contribution < 1.29 is 36.0 Å². The highest BCUT2D eigenvalue weighted by Gasteiger charge is 2.36. The van der Waals surface area contributed by atoms with Crippen LogP contribution in [-0.2, 0) is 10.1 Å². The van der Waals surface area contributed by atoms with Crippen molar-refractivity contribution in [1.29, 1.82) is 0 Å². The summed E-state index contributed by atoms with van der Waals surface area (Å²) in [5, 5.41) is 9.95. The molecule has 17 heavy (non-hydrogen) atoms. The standard InChI is InChI=1S/C3H2BrN3O2.CHF3O3S/c4-3-5-1-2(6-3)7(8)9;2-1(3,4)8(5,6)7/h1H,(H,5,6);(H,5,6,7). The lowest BCUT2D eigenvalue weighted by molar-refractivity contribution is -0.413. The third-order valence-corrected chi connectivity index (χ3v) is 2.05. The zero-order chi connectivity index (χ0) is 13.9. The van der Waals surface area contributed by atoms with Gasteiger partial charge in [0.15, 0.2) is 16.3 Å². The molecule has 0 aliphatic heterocycles. The van der Waals surface area contributed by atoms with Crippen LogP contribution in [0.15, 0.2) is 10.9 Å². The normalized spacial score (nSPS) is 11.6. The van der Waals surface area contributed by atoms with Crippen LogP contribution in [-0.4, -0.2) is 28.4 Å². The minimum atomic E-state index is -6.09. The van der Waals surface area contributed by atoms with Gasteiger partial charge in [0, 0.05) is 15.9 Å². The highest BCUT2D eigenvalue weighted by molar-refractivity contribution is 9.10. The van der Waals surface area contributed by atoms with Gasteiger partial charge in [-0.25, -0.2) is 13.4 Å². The number of nitrogens with zero attached hydrogens (tertiary/aromatic N) is 1. The number of hydrogen-bond donors (Lipinski definition) is 1. The summed E-state index contributed by atoms with van der Waals surface area (Å²) < 4.78 is 59.4. The molecule has 1 rings (SSSR count). The Morgan fingerprint density at radius 1 is 1.47 bits per heavy atom. The molecule has 0 aliphatic rings. The van der Waals surface area contributed by atoms with Gasteiger partial charge in [0.1, 0.15) is 0 Å². The molecule has 0 aliphatic carbocycles. The minimum absolute atomic E-state index is 0.0538. The van der Waals surface area contributed by atoms with E-state index in [0.717, 1.165) is 0 Å². The van der Waals surface area contributed by atoms with Crippen LogP contribution in [0.4, 0.5) is 19.0 Å². The van der Waals surface area contributed by atoms with Crippen molar-refractivity contribution in [1.82, 2.24) is 4.98 Å². The highest BCUT2D eigenvalue weighted by Crippen LogP contribution is 2.20. The van der Waals surface area contributed by atoms with Crippen molar-refractivity contribution in [3.8, 4) is 0 Å². The summed E-state index contributed by atoms with van der Waals surface area (Å²) in [6, 6.07) is 0. The highest BCUT2D eigenvalue weighted by atomic mass is 79.9. The van der Waals surface area contributed by atoms with Crippen molar-refractivity contribution in [2.75, 3.05) is 0 Å². The Morgan fingerprint density at radius 2 is 1.88 bits per heavy atom. The number of alkyl halides is 3. The summed E-state index contributed by atoms with van der Waals surface area (Å²) in [6.07, 6.45) is 1.27. The molecule has 0 fully saturated rings. The van der Waals surface area contributed by atoms with E-state index in [1.807, 2.05) is 0 Å². The third-order valence-electron chi connectivity index (χ3n) is 1.05. The molecule has 0 saturated carbocycles. The van der Waals surface area contributed by atoms with Gasteiger partial charge in [0.2, 0.25) is 0 Å². The van der Waals surface area contributed by atoms with E-state index >= 15 is 0 Å². The largest absolute Gasteiger partial charge is 0.741 e. The topological polar surface area (TPSA) is 130 Å². The number of nitrogens with one attached hydrogen (secondary N) is 2. The predicted octanol–water partition coefficient (Wildman–Crippen LogP) is 0.551. The molecule has 98 valence electrons. The Bertz CT molecular complexity index is 497. The van der Waals surface area contributed by atoms with Crippen LogP contribution in [0, 0.1) is 10.1 Å². The van der Waals surface area contributed by atoms with Gasteiger partial charge in [-0.1, -0.05) is 0 Å². The quantitative estimate of drug-likeness (QED) is 0.345. The summed E-state index contributed by atoms with van der Waals surface area (Å²) in [7, 11) is -6.09. The maximum absolute atomic E-state index is 10.7. The van der Waals surface area contributed by atoms with E-state index < -0.39 is 20.5 Å². The van der Waals surface area contributed by atoms with Crippen LogP contribution >= 0.6 is 15.9 Å². The van der Waals surface area contributed by atoms with E-state index in [4.69, 9.17) is 13.0 Å². The molecule has 13 heteroatoms. The van der Waals surface area contributed by atoms with Crippen molar-refractivity contribution in [2.24, 2.45) is 0 Å². The van der Waals surface area contributed by atoms with Gasteiger partial charge < -0.3 is 14.7 Å². The van der Waals surface area contributed by atoms with Crippen molar-refractivity contribution in [2.45, 2.75) is 5.51 Å². The van der Waals surface area contributed by atoms with Gasteiger partial charge in [0.25, 0.3) is 0 Å². The number of imidazole rings is 1. The second kappa shape index (κ2) is 5.42. The molecule has 0 atom stereocenters. The van der Waals surface area contributed by atoms with Crippen LogP contribution in [0.5, 0.6) is 0 Å². The fraction of sp³-hybridized carbons (Fsp3) is 0.250. The molecule has 1 aromatic heterocycles. The van der Waals surface area contributed by atoms with E-state index in [0.29, 0.717) is 4.73 Å². The second-order valence-corrected chi connectivity index (χ2v) is 4.43.